The summed E-state index contributed by atoms with van der Waals surface area (Å²) in [4.78, 5) is 0.127. The van der Waals surface area contributed by atoms with Gasteiger partial charge in [0.15, 0.2) is 0 Å². The standard InChI is InChI=1S/C12H19ClN2O2S/c1-12(2,8-14)9-15(3)18(16,17)11-7-5-4-6-10(11)13/h4-7H,8-9,14H2,1-3H3. The van der Waals surface area contributed by atoms with E-state index in [1.54, 1.807) is 18.2 Å². The van der Waals surface area contributed by atoms with Gasteiger partial charge in [-0.05, 0) is 24.1 Å². The second-order valence-corrected chi connectivity index (χ2v) is 7.48. The van der Waals surface area contributed by atoms with Gasteiger partial charge in [-0.25, -0.2) is 12.7 Å². The Bertz CT molecular complexity index is 515. The first-order chi connectivity index (χ1) is 8.20. The summed E-state index contributed by atoms with van der Waals surface area (Å²) in [5.74, 6) is 0. The molecule has 0 unspecified atom stereocenters. The molecule has 102 valence electrons. The van der Waals surface area contributed by atoms with Crippen LogP contribution in [0.1, 0.15) is 13.8 Å². The summed E-state index contributed by atoms with van der Waals surface area (Å²) in [6.07, 6.45) is 0. The van der Waals surface area contributed by atoms with Gasteiger partial charge in [0.05, 0.1) is 5.02 Å². The number of hydrogen-bond donors (Lipinski definition) is 1. The third kappa shape index (κ3) is 3.45. The van der Waals surface area contributed by atoms with Crippen molar-refractivity contribution in [3.05, 3.63) is 29.3 Å². The molecule has 0 amide bonds. The predicted octanol–water partition coefficient (Wildman–Crippen LogP) is 1.95. The maximum Gasteiger partial charge on any atom is 0.244 e. The van der Waals surface area contributed by atoms with Crippen LogP contribution in [0.2, 0.25) is 5.02 Å². The molecule has 6 heteroatoms. The topological polar surface area (TPSA) is 63.4 Å². The highest BCUT2D eigenvalue weighted by Crippen LogP contribution is 2.25. The van der Waals surface area contributed by atoms with Gasteiger partial charge >= 0.3 is 0 Å². The lowest BCUT2D eigenvalue weighted by atomic mass is 9.94. The molecule has 0 saturated heterocycles. The van der Waals surface area contributed by atoms with E-state index in [0.29, 0.717) is 13.1 Å². The van der Waals surface area contributed by atoms with Gasteiger partial charge in [-0.15, -0.1) is 0 Å². The van der Waals surface area contributed by atoms with Crippen LogP contribution in [-0.4, -0.2) is 32.9 Å². The molecule has 1 aromatic carbocycles. The maximum absolute atomic E-state index is 12.3. The van der Waals surface area contributed by atoms with E-state index in [2.05, 4.69) is 0 Å². The summed E-state index contributed by atoms with van der Waals surface area (Å²) >= 11 is 5.93. The van der Waals surface area contributed by atoms with Crippen LogP contribution in [0.4, 0.5) is 0 Å². The average Bonchev–Trinajstić information content (AvgIpc) is 2.28. The Labute approximate surface area is 114 Å². The summed E-state index contributed by atoms with van der Waals surface area (Å²) in [5.41, 5.74) is 5.34. The Morgan fingerprint density at radius 3 is 2.39 bits per heavy atom. The summed E-state index contributed by atoms with van der Waals surface area (Å²) in [6, 6.07) is 6.42. The van der Waals surface area contributed by atoms with E-state index < -0.39 is 10.0 Å². The van der Waals surface area contributed by atoms with Crippen LogP contribution in [0.5, 0.6) is 0 Å². The van der Waals surface area contributed by atoms with Crippen molar-refractivity contribution >= 4 is 21.6 Å². The molecule has 0 atom stereocenters. The zero-order valence-electron chi connectivity index (χ0n) is 10.9. The third-order valence-corrected chi connectivity index (χ3v) is 5.03. The molecule has 0 radical (unpaired) electrons. The van der Waals surface area contributed by atoms with Crippen molar-refractivity contribution in [3.8, 4) is 0 Å². The molecular weight excluding hydrogens is 272 g/mol. The number of nitrogens with zero attached hydrogens (tertiary/aromatic N) is 1. The molecule has 0 aliphatic carbocycles. The van der Waals surface area contributed by atoms with Crippen molar-refractivity contribution < 1.29 is 8.42 Å². The van der Waals surface area contributed by atoms with Crippen molar-refractivity contribution in [2.75, 3.05) is 20.1 Å². The minimum absolute atomic E-state index is 0.127. The van der Waals surface area contributed by atoms with Crippen LogP contribution in [0, 0.1) is 5.41 Å². The third-order valence-electron chi connectivity index (χ3n) is 2.73. The highest BCUT2D eigenvalue weighted by Gasteiger charge is 2.28. The Morgan fingerprint density at radius 2 is 1.89 bits per heavy atom. The molecule has 4 nitrogen and oxygen atoms in total. The highest BCUT2D eigenvalue weighted by molar-refractivity contribution is 7.89. The number of rotatable bonds is 5. The summed E-state index contributed by atoms with van der Waals surface area (Å²) in [6.45, 7) is 4.60. The smallest absolute Gasteiger partial charge is 0.244 e. The fraction of sp³-hybridized carbons (Fsp3) is 0.500. The fourth-order valence-electron chi connectivity index (χ4n) is 1.57. The zero-order chi connectivity index (χ0) is 14.0. The largest absolute Gasteiger partial charge is 0.330 e. The van der Waals surface area contributed by atoms with Crippen LogP contribution in [0.15, 0.2) is 29.2 Å². The van der Waals surface area contributed by atoms with Crippen LogP contribution >= 0.6 is 11.6 Å². The Morgan fingerprint density at radius 1 is 1.33 bits per heavy atom. The molecule has 0 heterocycles. The van der Waals surface area contributed by atoms with E-state index in [4.69, 9.17) is 17.3 Å². The highest BCUT2D eigenvalue weighted by atomic mass is 35.5. The second kappa shape index (κ2) is 5.57. The van der Waals surface area contributed by atoms with Gasteiger partial charge in [0, 0.05) is 13.6 Å². The van der Waals surface area contributed by atoms with E-state index in [0.717, 1.165) is 0 Å². The number of halogens is 1. The molecule has 2 N–H and O–H groups in total. The minimum Gasteiger partial charge on any atom is -0.330 e. The SMILES string of the molecule is CN(CC(C)(C)CN)S(=O)(=O)c1ccccc1Cl. The lowest BCUT2D eigenvalue weighted by molar-refractivity contribution is 0.292. The van der Waals surface area contributed by atoms with E-state index in [9.17, 15) is 8.42 Å². The molecule has 0 saturated carbocycles. The molecule has 0 fully saturated rings. The molecule has 0 spiro atoms. The number of sulfonamides is 1. The van der Waals surface area contributed by atoms with Crippen LogP contribution in [0.25, 0.3) is 0 Å². The monoisotopic (exact) mass is 290 g/mol. The lowest BCUT2D eigenvalue weighted by Gasteiger charge is -2.28. The Kier molecular flexibility index (Phi) is 4.78. The zero-order valence-corrected chi connectivity index (χ0v) is 12.4. The Hall–Kier alpha value is -0.620. The Balaban J connectivity index is 3.05. The van der Waals surface area contributed by atoms with E-state index >= 15 is 0 Å². The van der Waals surface area contributed by atoms with E-state index in [1.165, 1.54) is 17.4 Å². The summed E-state index contributed by atoms with van der Waals surface area (Å²) in [7, 11) is -2.03. The van der Waals surface area contributed by atoms with Crippen molar-refractivity contribution in [1.29, 1.82) is 0 Å². The van der Waals surface area contributed by atoms with Crippen LogP contribution in [0.3, 0.4) is 0 Å². The van der Waals surface area contributed by atoms with Gasteiger partial charge in [-0.2, -0.15) is 0 Å². The number of hydrogen-bond acceptors (Lipinski definition) is 3. The van der Waals surface area contributed by atoms with Crippen LogP contribution in [-0.2, 0) is 10.0 Å². The fourth-order valence-corrected chi connectivity index (χ4v) is 3.42. The van der Waals surface area contributed by atoms with Gasteiger partial charge in [0.2, 0.25) is 10.0 Å². The van der Waals surface area contributed by atoms with Crippen molar-refractivity contribution in [3.63, 3.8) is 0 Å². The summed E-state index contributed by atoms with van der Waals surface area (Å²) < 4.78 is 26.0. The van der Waals surface area contributed by atoms with Crippen molar-refractivity contribution in [2.24, 2.45) is 11.1 Å². The van der Waals surface area contributed by atoms with Gasteiger partial charge < -0.3 is 5.73 Å². The molecule has 1 rings (SSSR count). The normalized spacial score (nSPS) is 13.0. The van der Waals surface area contributed by atoms with Gasteiger partial charge in [-0.1, -0.05) is 37.6 Å². The van der Waals surface area contributed by atoms with Crippen molar-refractivity contribution in [1.82, 2.24) is 4.31 Å². The van der Waals surface area contributed by atoms with Crippen LogP contribution < -0.4 is 5.73 Å². The quantitative estimate of drug-likeness (QED) is 0.901. The lowest BCUT2D eigenvalue weighted by Crippen LogP contribution is -2.39. The predicted molar refractivity (Wildman–Crippen MR) is 74.1 cm³/mol. The molecule has 0 bridgehead atoms. The maximum atomic E-state index is 12.3. The van der Waals surface area contributed by atoms with Gasteiger partial charge in [0.25, 0.3) is 0 Å². The molecule has 0 aliphatic heterocycles. The van der Waals surface area contributed by atoms with Gasteiger partial charge in [0.1, 0.15) is 4.90 Å². The molecule has 1 aromatic rings. The first kappa shape index (κ1) is 15.4. The summed E-state index contributed by atoms with van der Waals surface area (Å²) in [5, 5.41) is 0.231. The average molecular weight is 291 g/mol. The molecule has 0 aliphatic rings. The minimum atomic E-state index is -3.57. The molecule has 0 aromatic heterocycles. The van der Waals surface area contributed by atoms with E-state index in [-0.39, 0.29) is 15.3 Å². The molecule has 18 heavy (non-hydrogen) atoms. The second-order valence-electron chi connectivity index (χ2n) is 5.06. The van der Waals surface area contributed by atoms with Gasteiger partial charge in [-0.3, -0.25) is 0 Å². The first-order valence-electron chi connectivity index (χ1n) is 5.62. The number of nitrogens with two attached hydrogens (primary N) is 1. The first-order valence-corrected chi connectivity index (χ1v) is 7.43. The molecular formula is C12H19ClN2O2S. The van der Waals surface area contributed by atoms with Crippen molar-refractivity contribution in [2.45, 2.75) is 18.7 Å². The number of benzene rings is 1. The van der Waals surface area contributed by atoms with E-state index in [1.807, 2.05) is 13.8 Å².